The Labute approximate surface area is 113 Å². The van der Waals surface area contributed by atoms with E-state index in [0.29, 0.717) is 0 Å². The molecule has 0 aliphatic carbocycles. The van der Waals surface area contributed by atoms with Crippen molar-refractivity contribution < 1.29 is 4.74 Å². The summed E-state index contributed by atoms with van der Waals surface area (Å²) in [6.45, 7) is 5.36. The molecule has 0 bridgehead atoms. The van der Waals surface area contributed by atoms with E-state index in [1.165, 1.54) is 0 Å². The molecule has 6 nitrogen and oxygen atoms in total. The first-order valence-electron chi connectivity index (χ1n) is 6.59. The van der Waals surface area contributed by atoms with E-state index in [9.17, 15) is 0 Å². The lowest BCUT2D eigenvalue weighted by Gasteiger charge is -2.02. The highest BCUT2D eigenvalue weighted by Gasteiger charge is 2.00. The highest BCUT2D eigenvalue weighted by molar-refractivity contribution is 5.33. The molecule has 0 aliphatic heterocycles. The summed E-state index contributed by atoms with van der Waals surface area (Å²) < 4.78 is 8.87. The molecule has 6 heteroatoms. The van der Waals surface area contributed by atoms with Gasteiger partial charge in [-0.2, -0.15) is 10.2 Å². The number of aryl methyl sites for hydroxylation is 2. The van der Waals surface area contributed by atoms with Crippen molar-refractivity contribution in [1.29, 1.82) is 0 Å². The van der Waals surface area contributed by atoms with Crippen LogP contribution in [0.2, 0.25) is 0 Å². The van der Waals surface area contributed by atoms with Gasteiger partial charge in [0.05, 0.1) is 6.20 Å². The molecule has 0 saturated heterocycles. The molecular weight excluding hydrogens is 242 g/mol. The Hall–Kier alpha value is -1.82. The molecule has 2 heterocycles. The van der Waals surface area contributed by atoms with E-state index < -0.39 is 0 Å². The molecule has 1 N–H and O–H groups in total. The predicted molar refractivity (Wildman–Crippen MR) is 73.9 cm³/mol. The van der Waals surface area contributed by atoms with Crippen molar-refractivity contribution in [2.75, 3.05) is 19.0 Å². The van der Waals surface area contributed by atoms with E-state index in [1.807, 2.05) is 34.0 Å². The molecule has 2 rings (SSSR count). The van der Waals surface area contributed by atoms with Gasteiger partial charge in [-0.25, -0.2) is 0 Å². The summed E-state index contributed by atoms with van der Waals surface area (Å²) in [5.41, 5.74) is 1.16. The molecule has 0 unspecified atom stereocenters. The van der Waals surface area contributed by atoms with Crippen molar-refractivity contribution in [3.63, 3.8) is 0 Å². The van der Waals surface area contributed by atoms with Crippen LogP contribution in [0.25, 0.3) is 0 Å². The largest absolute Gasteiger partial charge is 0.385 e. The smallest absolute Gasteiger partial charge is 0.148 e. The third-order valence-electron chi connectivity index (χ3n) is 2.86. The minimum Gasteiger partial charge on any atom is -0.385 e. The zero-order valence-electron chi connectivity index (χ0n) is 11.5. The molecule has 19 heavy (non-hydrogen) atoms. The summed E-state index contributed by atoms with van der Waals surface area (Å²) in [4.78, 5) is 0. The first kappa shape index (κ1) is 13.6. The van der Waals surface area contributed by atoms with Crippen LogP contribution in [0.3, 0.4) is 0 Å². The normalized spacial score (nSPS) is 10.8. The lowest BCUT2D eigenvalue weighted by molar-refractivity contribution is 0.189. The lowest BCUT2D eigenvalue weighted by atomic mass is 10.3. The molecule has 0 atom stereocenters. The molecule has 0 fully saturated rings. The van der Waals surface area contributed by atoms with Crippen molar-refractivity contribution in [2.45, 2.75) is 33.0 Å². The van der Waals surface area contributed by atoms with Crippen molar-refractivity contribution in [3.05, 3.63) is 30.2 Å². The summed E-state index contributed by atoms with van der Waals surface area (Å²) in [5.74, 6) is 0.890. The summed E-state index contributed by atoms with van der Waals surface area (Å²) >= 11 is 0. The van der Waals surface area contributed by atoms with Crippen LogP contribution in [0.1, 0.15) is 18.9 Å². The van der Waals surface area contributed by atoms with Crippen LogP contribution in [0.15, 0.2) is 24.7 Å². The Morgan fingerprint density at radius 1 is 1.37 bits per heavy atom. The molecule has 0 amide bonds. The van der Waals surface area contributed by atoms with Gasteiger partial charge in [0, 0.05) is 57.4 Å². The molecule has 2 aromatic rings. The van der Waals surface area contributed by atoms with Gasteiger partial charge < -0.3 is 10.1 Å². The molecule has 104 valence electrons. The van der Waals surface area contributed by atoms with Crippen molar-refractivity contribution in [1.82, 2.24) is 19.6 Å². The quantitative estimate of drug-likeness (QED) is 0.737. The predicted octanol–water partition coefficient (Wildman–Crippen LogP) is 1.75. The first-order valence-corrected chi connectivity index (χ1v) is 6.59. The second-order valence-corrected chi connectivity index (χ2v) is 4.37. The van der Waals surface area contributed by atoms with Crippen LogP contribution in [0.4, 0.5) is 5.82 Å². The standard InChI is InChI=1S/C13H21N5O/c1-3-17-11-12(10-15-17)9-14-13-5-7-18(16-13)6-4-8-19-2/h5,7,10-11H,3-4,6,8-9H2,1-2H3,(H,14,16). The van der Waals surface area contributed by atoms with Crippen LogP contribution in [-0.2, 0) is 24.4 Å². The van der Waals surface area contributed by atoms with Gasteiger partial charge in [0.15, 0.2) is 0 Å². The molecular formula is C13H21N5O. The van der Waals surface area contributed by atoms with E-state index >= 15 is 0 Å². The summed E-state index contributed by atoms with van der Waals surface area (Å²) in [6, 6.07) is 1.98. The molecule has 0 radical (unpaired) electrons. The molecule has 2 aromatic heterocycles. The Bertz CT molecular complexity index is 491. The number of nitrogens with one attached hydrogen (secondary N) is 1. The maximum atomic E-state index is 5.02. The second-order valence-electron chi connectivity index (χ2n) is 4.37. The van der Waals surface area contributed by atoms with Gasteiger partial charge in [0.25, 0.3) is 0 Å². The number of methoxy groups -OCH3 is 1. The lowest BCUT2D eigenvalue weighted by Crippen LogP contribution is -2.04. The minimum absolute atomic E-state index is 0.745. The Morgan fingerprint density at radius 3 is 3.00 bits per heavy atom. The molecule has 0 aliphatic rings. The van der Waals surface area contributed by atoms with Crippen molar-refractivity contribution in [3.8, 4) is 0 Å². The monoisotopic (exact) mass is 263 g/mol. The van der Waals surface area contributed by atoms with E-state index in [1.54, 1.807) is 7.11 Å². The SMILES string of the molecule is CCn1cc(CNc2ccn(CCCOC)n2)cn1. The third kappa shape index (κ3) is 4.10. The maximum absolute atomic E-state index is 5.02. The zero-order chi connectivity index (χ0) is 13.5. The van der Waals surface area contributed by atoms with E-state index in [0.717, 1.165) is 44.0 Å². The van der Waals surface area contributed by atoms with E-state index in [-0.39, 0.29) is 0 Å². The average Bonchev–Trinajstić information content (AvgIpc) is 3.05. The molecule has 0 spiro atoms. The third-order valence-corrected chi connectivity index (χ3v) is 2.86. The topological polar surface area (TPSA) is 56.9 Å². The van der Waals surface area contributed by atoms with Gasteiger partial charge in [-0.1, -0.05) is 0 Å². The Morgan fingerprint density at radius 2 is 2.26 bits per heavy atom. The van der Waals surface area contributed by atoms with E-state index in [2.05, 4.69) is 22.4 Å². The van der Waals surface area contributed by atoms with Gasteiger partial charge in [0.2, 0.25) is 0 Å². The fraction of sp³-hybridized carbons (Fsp3) is 0.538. The Balaban J connectivity index is 1.79. The number of ether oxygens (including phenoxy) is 1. The van der Waals surface area contributed by atoms with Crippen LogP contribution >= 0.6 is 0 Å². The minimum atomic E-state index is 0.745. The number of nitrogens with zero attached hydrogens (tertiary/aromatic N) is 4. The second kappa shape index (κ2) is 6.94. The number of hydrogen-bond acceptors (Lipinski definition) is 4. The summed E-state index contributed by atoms with van der Waals surface area (Å²) in [7, 11) is 1.71. The van der Waals surface area contributed by atoms with Gasteiger partial charge in [-0.15, -0.1) is 0 Å². The number of hydrogen-bond donors (Lipinski definition) is 1. The fourth-order valence-corrected chi connectivity index (χ4v) is 1.81. The average molecular weight is 263 g/mol. The summed E-state index contributed by atoms with van der Waals surface area (Å²) in [6.07, 6.45) is 6.88. The first-order chi connectivity index (χ1) is 9.31. The van der Waals surface area contributed by atoms with Crippen molar-refractivity contribution in [2.24, 2.45) is 0 Å². The molecule has 0 aromatic carbocycles. The van der Waals surface area contributed by atoms with Gasteiger partial charge in [-0.05, 0) is 13.3 Å². The van der Waals surface area contributed by atoms with Crippen LogP contribution in [0.5, 0.6) is 0 Å². The highest BCUT2D eigenvalue weighted by atomic mass is 16.5. The molecule has 0 saturated carbocycles. The van der Waals surface area contributed by atoms with E-state index in [4.69, 9.17) is 4.74 Å². The van der Waals surface area contributed by atoms with Crippen LogP contribution in [0, 0.1) is 0 Å². The highest BCUT2D eigenvalue weighted by Crippen LogP contribution is 2.06. The van der Waals surface area contributed by atoms with Crippen LogP contribution in [-0.4, -0.2) is 33.3 Å². The maximum Gasteiger partial charge on any atom is 0.148 e. The number of rotatable bonds is 8. The summed E-state index contributed by atoms with van der Waals surface area (Å²) in [5, 5.41) is 12.0. The van der Waals surface area contributed by atoms with Gasteiger partial charge in [0.1, 0.15) is 5.82 Å². The number of anilines is 1. The van der Waals surface area contributed by atoms with Crippen molar-refractivity contribution >= 4 is 5.82 Å². The van der Waals surface area contributed by atoms with Gasteiger partial charge in [-0.3, -0.25) is 9.36 Å². The number of aromatic nitrogens is 4. The van der Waals surface area contributed by atoms with Gasteiger partial charge >= 0.3 is 0 Å². The van der Waals surface area contributed by atoms with Crippen LogP contribution < -0.4 is 5.32 Å². The zero-order valence-corrected chi connectivity index (χ0v) is 11.5. The fourth-order valence-electron chi connectivity index (χ4n) is 1.81. The Kier molecular flexibility index (Phi) is 4.97.